The fourth-order valence-corrected chi connectivity index (χ4v) is 2.05. The lowest BCUT2D eigenvalue weighted by Crippen LogP contribution is -2.42. The van der Waals surface area contributed by atoms with Gasteiger partial charge in [0.15, 0.2) is 0 Å². The van der Waals surface area contributed by atoms with Gasteiger partial charge in [0, 0.05) is 12.6 Å². The van der Waals surface area contributed by atoms with Crippen molar-refractivity contribution in [2.24, 2.45) is 0 Å². The van der Waals surface area contributed by atoms with Crippen LogP contribution in [0.15, 0.2) is 0 Å². The van der Waals surface area contributed by atoms with Crippen LogP contribution in [0.3, 0.4) is 0 Å². The third-order valence-corrected chi connectivity index (χ3v) is 2.69. The molecule has 0 bridgehead atoms. The van der Waals surface area contributed by atoms with Crippen molar-refractivity contribution in [3.05, 3.63) is 0 Å². The summed E-state index contributed by atoms with van der Waals surface area (Å²) in [6.45, 7) is 4.87. The Labute approximate surface area is 91.3 Å². The first-order chi connectivity index (χ1) is 7.11. The molecule has 4 nitrogen and oxygen atoms in total. The lowest BCUT2D eigenvalue weighted by molar-refractivity contribution is -0.140. The second-order valence-corrected chi connectivity index (χ2v) is 4.21. The van der Waals surface area contributed by atoms with Crippen LogP contribution in [0.5, 0.6) is 0 Å². The maximum Gasteiger partial charge on any atom is 0.306 e. The minimum absolute atomic E-state index is 0.157. The summed E-state index contributed by atoms with van der Waals surface area (Å²) in [4.78, 5) is 10.9. The van der Waals surface area contributed by atoms with Crippen LogP contribution in [0.4, 0.5) is 0 Å². The Morgan fingerprint density at radius 3 is 2.53 bits per heavy atom. The topological polar surface area (TPSA) is 47.6 Å². The van der Waals surface area contributed by atoms with Crippen LogP contribution in [0.25, 0.3) is 0 Å². The fraction of sp³-hybridized carbons (Fsp3) is 0.909. The molecule has 1 aliphatic heterocycles. The van der Waals surface area contributed by atoms with E-state index in [-0.39, 0.29) is 5.97 Å². The van der Waals surface area contributed by atoms with Gasteiger partial charge in [0.2, 0.25) is 0 Å². The highest BCUT2D eigenvalue weighted by Crippen LogP contribution is 2.18. The molecule has 88 valence electrons. The molecule has 0 aromatic carbocycles. The van der Waals surface area contributed by atoms with Crippen molar-refractivity contribution in [3.8, 4) is 0 Å². The van der Waals surface area contributed by atoms with Gasteiger partial charge < -0.3 is 14.8 Å². The first kappa shape index (κ1) is 12.5. The average molecular weight is 215 g/mol. The van der Waals surface area contributed by atoms with E-state index in [1.807, 2.05) is 0 Å². The van der Waals surface area contributed by atoms with Crippen LogP contribution in [-0.2, 0) is 14.3 Å². The Bertz CT molecular complexity index is 198. The molecule has 0 saturated carbocycles. The molecule has 0 aromatic heterocycles. The SMILES string of the molecule is COC(=O)CCNC1CC(C)OC(C)C1. The summed E-state index contributed by atoms with van der Waals surface area (Å²) < 4.78 is 10.2. The van der Waals surface area contributed by atoms with Crippen LogP contribution >= 0.6 is 0 Å². The molecule has 0 aromatic rings. The van der Waals surface area contributed by atoms with Crippen molar-refractivity contribution >= 4 is 5.97 Å². The van der Waals surface area contributed by atoms with Gasteiger partial charge in [-0.15, -0.1) is 0 Å². The summed E-state index contributed by atoms with van der Waals surface area (Å²) >= 11 is 0. The number of ether oxygens (including phenoxy) is 2. The monoisotopic (exact) mass is 215 g/mol. The number of carbonyl (C=O) groups excluding carboxylic acids is 1. The predicted octanol–water partition coefficient (Wildman–Crippen LogP) is 1.10. The Kier molecular flexibility index (Phi) is 5.05. The maximum atomic E-state index is 10.9. The summed E-state index contributed by atoms with van der Waals surface area (Å²) in [5.41, 5.74) is 0. The third-order valence-electron chi connectivity index (χ3n) is 2.69. The van der Waals surface area contributed by atoms with E-state index in [4.69, 9.17) is 4.74 Å². The average Bonchev–Trinajstić information content (AvgIpc) is 2.16. The Morgan fingerprint density at radius 2 is 2.00 bits per heavy atom. The molecular weight excluding hydrogens is 194 g/mol. The van der Waals surface area contributed by atoms with Crippen molar-refractivity contribution in [2.45, 2.75) is 51.4 Å². The van der Waals surface area contributed by atoms with Gasteiger partial charge in [-0.25, -0.2) is 0 Å². The smallest absolute Gasteiger partial charge is 0.306 e. The van der Waals surface area contributed by atoms with Crippen LogP contribution in [0.2, 0.25) is 0 Å². The number of rotatable bonds is 4. The number of nitrogens with one attached hydrogen (secondary N) is 1. The molecule has 2 atom stereocenters. The second kappa shape index (κ2) is 6.08. The maximum absolute atomic E-state index is 10.9. The van der Waals surface area contributed by atoms with E-state index in [9.17, 15) is 4.79 Å². The van der Waals surface area contributed by atoms with Gasteiger partial charge in [0.25, 0.3) is 0 Å². The Hall–Kier alpha value is -0.610. The van der Waals surface area contributed by atoms with Crippen molar-refractivity contribution in [3.63, 3.8) is 0 Å². The fourth-order valence-electron chi connectivity index (χ4n) is 2.05. The van der Waals surface area contributed by atoms with E-state index < -0.39 is 0 Å². The van der Waals surface area contributed by atoms with Gasteiger partial charge in [-0.1, -0.05) is 0 Å². The van der Waals surface area contributed by atoms with Crippen molar-refractivity contribution in [2.75, 3.05) is 13.7 Å². The van der Waals surface area contributed by atoms with Gasteiger partial charge >= 0.3 is 5.97 Å². The molecule has 0 amide bonds. The minimum atomic E-state index is -0.157. The molecule has 1 saturated heterocycles. The van der Waals surface area contributed by atoms with Crippen LogP contribution < -0.4 is 5.32 Å². The van der Waals surface area contributed by atoms with E-state index in [1.54, 1.807) is 0 Å². The van der Waals surface area contributed by atoms with E-state index in [0.29, 0.717) is 31.2 Å². The highest BCUT2D eigenvalue weighted by molar-refractivity contribution is 5.69. The molecule has 0 radical (unpaired) electrons. The molecule has 1 rings (SSSR count). The number of carbonyl (C=O) groups is 1. The van der Waals surface area contributed by atoms with Gasteiger partial charge in [0.1, 0.15) is 0 Å². The minimum Gasteiger partial charge on any atom is -0.469 e. The highest BCUT2D eigenvalue weighted by atomic mass is 16.5. The number of hydrogen-bond acceptors (Lipinski definition) is 4. The lowest BCUT2D eigenvalue weighted by Gasteiger charge is -2.32. The predicted molar refractivity (Wildman–Crippen MR) is 57.7 cm³/mol. The molecule has 4 heteroatoms. The van der Waals surface area contributed by atoms with Crippen LogP contribution in [0, 0.1) is 0 Å². The molecule has 1 aliphatic rings. The van der Waals surface area contributed by atoms with Gasteiger partial charge in [-0.2, -0.15) is 0 Å². The lowest BCUT2D eigenvalue weighted by atomic mass is 10.00. The van der Waals surface area contributed by atoms with Crippen molar-refractivity contribution in [1.82, 2.24) is 5.32 Å². The molecular formula is C11H21NO3. The van der Waals surface area contributed by atoms with E-state index in [1.165, 1.54) is 7.11 Å². The zero-order valence-corrected chi connectivity index (χ0v) is 9.79. The first-order valence-electron chi connectivity index (χ1n) is 5.57. The number of esters is 1. The second-order valence-electron chi connectivity index (χ2n) is 4.21. The summed E-state index contributed by atoms with van der Waals surface area (Å²) in [6, 6.07) is 0.466. The Morgan fingerprint density at radius 1 is 1.40 bits per heavy atom. The van der Waals surface area contributed by atoms with E-state index in [2.05, 4.69) is 23.9 Å². The summed E-state index contributed by atoms with van der Waals surface area (Å²) in [6.07, 6.45) is 3.10. The van der Waals surface area contributed by atoms with Gasteiger partial charge in [-0.05, 0) is 26.7 Å². The number of hydrogen-bond donors (Lipinski definition) is 1. The van der Waals surface area contributed by atoms with Crippen LogP contribution in [0.1, 0.15) is 33.1 Å². The largest absolute Gasteiger partial charge is 0.469 e. The molecule has 0 aliphatic carbocycles. The summed E-state index contributed by atoms with van der Waals surface area (Å²) in [7, 11) is 1.42. The van der Waals surface area contributed by atoms with Crippen LogP contribution in [-0.4, -0.2) is 37.9 Å². The first-order valence-corrected chi connectivity index (χ1v) is 5.57. The summed E-state index contributed by atoms with van der Waals surface area (Å²) in [5, 5.41) is 3.37. The normalized spacial score (nSPS) is 31.3. The molecule has 1 fully saturated rings. The quantitative estimate of drug-likeness (QED) is 0.713. The molecule has 15 heavy (non-hydrogen) atoms. The molecule has 1 heterocycles. The Balaban J connectivity index is 2.17. The van der Waals surface area contributed by atoms with E-state index >= 15 is 0 Å². The van der Waals surface area contributed by atoms with Gasteiger partial charge in [0.05, 0.1) is 25.7 Å². The zero-order chi connectivity index (χ0) is 11.3. The van der Waals surface area contributed by atoms with Gasteiger partial charge in [-0.3, -0.25) is 4.79 Å². The highest BCUT2D eigenvalue weighted by Gasteiger charge is 2.23. The van der Waals surface area contributed by atoms with Crippen molar-refractivity contribution in [1.29, 1.82) is 0 Å². The molecule has 0 spiro atoms. The molecule has 2 unspecified atom stereocenters. The number of methoxy groups -OCH3 is 1. The standard InChI is InChI=1S/C11H21NO3/c1-8-6-10(7-9(2)15-8)12-5-4-11(13)14-3/h8-10,12H,4-7H2,1-3H3. The molecule has 1 N–H and O–H groups in total. The summed E-state index contributed by atoms with van der Waals surface area (Å²) in [5.74, 6) is -0.157. The zero-order valence-electron chi connectivity index (χ0n) is 9.79. The van der Waals surface area contributed by atoms with E-state index in [0.717, 1.165) is 12.8 Å². The van der Waals surface area contributed by atoms with Crippen molar-refractivity contribution < 1.29 is 14.3 Å². The third kappa shape index (κ3) is 4.62.